The molecule has 182 valence electrons. The molecule has 0 unspecified atom stereocenters. The van der Waals surface area contributed by atoms with Crippen molar-refractivity contribution in [1.82, 2.24) is 14.7 Å². The van der Waals surface area contributed by atoms with Crippen molar-refractivity contribution in [3.63, 3.8) is 0 Å². The second kappa shape index (κ2) is 11.8. The van der Waals surface area contributed by atoms with Gasteiger partial charge in [-0.25, -0.2) is 18.1 Å². The summed E-state index contributed by atoms with van der Waals surface area (Å²) in [5.74, 6) is 1.61. The minimum absolute atomic E-state index is 0.00866. The zero-order valence-corrected chi connectivity index (χ0v) is 20.4. The molecule has 0 saturated heterocycles. The number of nitrogens with zero attached hydrogens (tertiary/aromatic N) is 2. The Kier molecular flexibility index (Phi) is 8.80. The number of aliphatic hydroxyl groups excluding tert-OH is 1. The lowest BCUT2D eigenvalue weighted by molar-refractivity contribution is 0.271. The van der Waals surface area contributed by atoms with E-state index in [1.807, 2.05) is 44.2 Å². The molecule has 34 heavy (non-hydrogen) atoms. The van der Waals surface area contributed by atoms with Crippen molar-refractivity contribution in [2.24, 2.45) is 0 Å². The van der Waals surface area contributed by atoms with Crippen molar-refractivity contribution in [2.75, 3.05) is 30.4 Å². The summed E-state index contributed by atoms with van der Waals surface area (Å²) in [6.07, 6.45) is 2.41. The molecule has 4 N–H and O–H groups in total. The van der Waals surface area contributed by atoms with Gasteiger partial charge < -0.3 is 20.5 Å². The van der Waals surface area contributed by atoms with Gasteiger partial charge in [0.25, 0.3) is 0 Å². The van der Waals surface area contributed by atoms with Crippen LogP contribution in [0.5, 0.6) is 5.75 Å². The molecule has 3 rings (SSSR count). The summed E-state index contributed by atoms with van der Waals surface area (Å²) in [5, 5.41) is 15.7. The number of para-hydroxylation sites is 1. The molecule has 0 saturated carbocycles. The summed E-state index contributed by atoms with van der Waals surface area (Å²) in [6.45, 7) is 5.92. The van der Waals surface area contributed by atoms with Gasteiger partial charge in [-0.3, -0.25) is 0 Å². The molecule has 0 amide bonds. The number of aliphatic hydroxyl groups is 1. The number of anilines is 3. The topological polar surface area (TPSA) is 125 Å². The number of rotatable bonds is 12. The molecule has 9 nitrogen and oxygen atoms in total. The third-order valence-corrected chi connectivity index (χ3v) is 6.77. The zero-order chi connectivity index (χ0) is 24.6. The Hall–Kier alpha value is -3.21. The maximum atomic E-state index is 12.9. The quantitative estimate of drug-likeness (QED) is 0.288. The molecule has 0 fully saturated rings. The monoisotopic (exact) mass is 485 g/mol. The van der Waals surface area contributed by atoms with Gasteiger partial charge in [-0.1, -0.05) is 31.2 Å². The van der Waals surface area contributed by atoms with Gasteiger partial charge in [-0.2, -0.15) is 4.98 Å². The van der Waals surface area contributed by atoms with Crippen molar-refractivity contribution < 1.29 is 18.3 Å². The molecule has 10 heteroatoms. The highest BCUT2D eigenvalue weighted by Crippen LogP contribution is 2.23. The molecule has 0 bridgehead atoms. The maximum absolute atomic E-state index is 12.9. The van der Waals surface area contributed by atoms with Crippen LogP contribution in [0.25, 0.3) is 0 Å². The average molecular weight is 486 g/mol. The van der Waals surface area contributed by atoms with Gasteiger partial charge >= 0.3 is 0 Å². The Labute approximate surface area is 200 Å². The lowest BCUT2D eigenvalue weighted by Gasteiger charge is -2.17. The molecule has 0 radical (unpaired) electrons. The van der Waals surface area contributed by atoms with Crippen molar-refractivity contribution in [1.29, 1.82) is 0 Å². The molecule has 3 aromatic rings. The van der Waals surface area contributed by atoms with E-state index in [-0.39, 0.29) is 30.7 Å². The van der Waals surface area contributed by atoms with Crippen LogP contribution >= 0.6 is 0 Å². The van der Waals surface area contributed by atoms with Crippen LogP contribution in [0.1, 0.15) is 24.5 Å². The van der Waals surface area contributed by atoms with E-state index in [2.05, 4.69) is 25.3 Å². The summed E-state index contributed by atoms with van der Waals surface area (Å²) in [6, 6.07) is 14.1. The predicted octanol–water partition coefficient (Wildman–Crippen LogP) is 3.38. The Balaban J connectivity index is 1.69. The summed E-state index contributed by atoms with van der Waals surface area (Å²) in [5.41, 5.74) is 1.99. The fourth-order valence-corrected chi connectivity index (χ4v) is 4.44. The zero-order valence-electron chi connectivity index (χ0n) is 19.6. The highest BCUT2D eigenvalue weighted by Gasteiger charge is 2.18. The number of aromatic nitrogens is 2. The first kappa shape index (κ1) is 25.4. The van der Waals surface area contributed by atoms with Crippen LogP contribution in [-0.2, 0) is 10.0 Å². The molecule has 0 spiro atoms. The largest absolute Gasteiger partial charge is 0.492 e. The van der Waals surface area contributed by atoms with Gasteiger partial charge in [0.05, 0.1) is 17.5 Å². The number of sulfonamides is 1. The second-order valence-electron chi connectivity index (χ2n) is 7.82. The van der Waals surface area contributed by atoms with Gasteiger partial charge in [0.1, 0.15) is 18.2 Å². The minimum Gasteiger partial charge on any atom is -0.492 e. The van der Waals surface area contributed by atoms with Crippen molar-refractivity contribution in [2.45, 2.75) is 38.1 Å². The third kappa shape index (κ3) is 6.89. The van der Waals surface area contributed by atoms with Gasteiger partial charge in [0.15, 0.2) is 0 Å². The van der Waals surface area contributed by atoms with Gasteiger partial charge in [-0.15, -0.1) is 0 Å². The Morgan fingerprint density at radius 3 is 2.56 bits per heavy atom. The molecule has 1 heterocycles. The highest BCUT2D eigenvalue weighted by molar-refractivity contribution is 7.89. The first-order chi connectivity index (χ1) is 16.3. The van der Waals surface area contributed by atoms with Crippen LogP contribution in [0.3, 0.4) is 0 Å². The number of hydrogen-bond acceptors (Lipinski definition) is 8. The first-order valence-electron chi connectivity index (χ1n) is 11.1. The maximum Gasteiger partial charge on any atom is 0.241 e. The normalized spacial score (nSPS) is 12.2. The van der Waals surface area contributed by atoms with Crippen LogP contribution in [0.15, 0.2) is 59.6 Å². The van der Waals surface area contributed by atoms with Gasteiger partial charge in [0.2, 0.25) is 16.0 Å². The number of aryl methyl sites for hydroxylation is 2. The molecule has 2 aromatic carbocycles. The first-order valence-corrected chi connectivity index (χ1v) is 12.6. The minimum atomic E-state index is -3.75. The van der Waals surface area contributed by atoms with Crippen LogP contribution in [0.4, 0.5) is 17.5 Å². The molecular formula is C24H31N5O4S. The summed E-state index contributed by atoms with van der Waals surface area (Å²) < 4.78 is 33.9. The second-order valence-corrected chi connectivity index (χ2v) is 9.56. The van der Waals surface area contributed by atoms with Crippen molar-refractivity contribution in [3.05, 3.63) is 65.9 Å². The molecule has 0 aliphatic heterocycles. The lowest BCUT2D eigenvalue weighted by Crippen LogP contribution is -2.28. The van der Waals surface area contributed by atoms with E-state index >= 15 is 0 Å². The SMILES string of the molecule is CC[C@H](CO)Nc1nc(Nc2ccc(C)c(S(=O)(=O)NCCOc3ccccc3)c2)ncc1C. The smallest absolute Gasteiger partial charge is 0.241 e. The van der Waals surface area contributed by atoms with E-state index in [0.717, 1.165) is 12.0 Å². The van der Waals surface area contributed by atoms with E-state index in [4.69, 9.17) is 4.74 Å². The fraction of sp³-hybridized carbons (Fsp3) is 0.333. The molecule has 0 aliphatic rings. The van der Waals surface area contributed by atoms with Crippen molar-refractivity contribution in [3.8, 4) is 5.75 Å². The highest BCUT2D eigenvalue weighted by atomic mass is 32.2. The Morgan fingerprint density at radius 2 is 1.85 bits per heavy atom. The standard InChI is InChI=1S/C24H31N5O4S/c1-4-19(16-30)27-23-18(3)15-25-24(29-23)28-20-11-10-17(2)22(14-20)34(31,32)26-12-13-33-21-8-6-5-7-9-21/h5-11,14-15,19,26,30H,4,12-13,16H2,1-3H3,(H2,25,27,28,29)/t19-/m1/s1. The summed E-state index contributed by atoms with van der Waals surface area (Å²) in [7, 11) is -3.75. The molecule has 1 atom stereocenters. The number of nitrogens with one attached hydrogen (secondary N) is 3. The van der Waals surface area contributed by atoms with Gasteiger partial charge in [-0.05, 0) is 50.1 Å². The molecule has 0 aliphatic carbocycles. The van der Waals surface area contributed by atoms with E-state index in [1.165, 1.54) is 0 Å². The number of hydrogen-bond donors (Lipinski definition) is 4. The number of ether oxygens (including phenoxy) is 1. The van der Waals surface area contributed by atoms with Crippen LogP contribution < -0.4 is 20.1 Å². The van der Waals surface area contributed by atoms with E-state index < -0.39 is 10.0 Å². The Bertz CT molecular complexity index is 1190. The van der Waals surface area contributed by atoms with Crippen LogP contribution in [-0.4, -0.2) is 49.3 Å². The third-order valence-electron chi connectivity index (χ3n) is 5.17. The molecular weight excluding hydrogens is 454 g/mol. The van der Waals surface area contributed by atoms with E-state index in [1.54, 1.807) is 31.3 Å². The molecule has 1 aromatic heterocycles. The fourth-order valence-electron chi connectivity index (χ4n) is 3.15. The van der Waals surface area contributed by atoms with E-state index in [9.17, 15) is 13.5 Å². The summed E-state index contributed by atoms with van der Waals surface area (Å²) >= 11 is 0. The van der Waals surface area contributed by atoms with Crippen molar-refractivity contribution >= 4 is 27.5 Å². The van der Waals surface area contributed by atoms with Crippen LogP contribution in [0, 0.1) is 13.8 Å². The lowest BCUT2D eigenvalue weighted by atomic mass is 10.2. The summed E-state index contributed by atoms with van der Waals surface area (Å²) in [4.78, 5) is 8.93. The van der Waals surface area contributed by atoms with E-state index in [0.29, 0.717) is 28.8 Å². The Morgan fingerprint density at radius 1 is 1.09 bits per heavy atom. The average Bonchev–Trinajstić information content (AvgIpc) is 2.84. The van der Waals surface area contributed by atoms with Gasteiger partial charge in [0, 0.05) is 24.0 Å². The number of benzene rings is 2. The predicted molar refractivity (Wildman–Crippen MR) is 133 cm³/mol. The van der Waals surface area contributed by atoms with Crippen LogP contribution in [0.2, 0.25) is 0 Å².